The lowest BCUT2D eigenvalue weighted by molar-refractivity contribution is -0.133. The average Bonchev–Trinajstić information content (AvgIpc) is 2.58. The van der Waals surface area contributed by atoms with Crippen molar-refractivity contribution in [3.63, 3.8) is 0 Å². The van der Waals surface area contributed by atoms with E-state index < -0.39 is 23.4 Å². The van der Waals surface area contributed by atoms with Crippen molar-refractivity contribution in [2.75, 3.05) is 10.6 Å². The summed E-state index contributed by atoms with van der Waals surface area (Å²) in [5.41, 5.74) is 2.00. The Hall–Kier alpha value is -2.76. The van der Waals surface area contributed by atoms with Crippen molar-refractivity contribution in [1.29, 1.82) is 0 Å². The van der Waals surface area contributed by atoms with Gasteiger partial charge in [-0.25, -0.2) is 8.78 Å². The van der Waals surface area contributed by atoms with Crippen LogP contribution < -0.4 is 10.6 Å². The molecule has 2 amide bonds. The topological polar surface area (TPSA) is 58.2 Å². The smallest absolute Gasteiger partial charge is 0.314 e. The third-order valence-electron chi connectivity index (χ3n) is 3.62. The number of benzene rings is 2. The summed E-state index contributed by atoms with van der Waals surface area (Å²) >= 11 is 0. The summed E-state index contributed by atoms with van der Waals surface area (Å²) in [4.78, 5) is 24.1. The highest BCUT2D eigenvalue weighted by Crippen LogP contribution is 2.23. The van der Waals surface area contributed by atoms with Crippen molar-refractivity contribution in [2.24, 2.45) is 0 Å². The number of amides is 2. The fraction of sp³-hybridized carbons (Fsp3) is 0.222. The fourth-order valence-corrected chi connectivity index (χ4v) is 2.35. The monoisotopic (exact) mass is 332 g/mol. The number of carbonyl (C=O) groups is 2. The Kier molecular flexibility index (Phi) is 5.63. The van der Waals surface area contributed by atoms with Gasteiger partial charge in [-0.3, -0.25) is 9.59 Å². The summed E-state index contributed by atoms with van der Waals surface area (Å²) in [6.07, 6.45) is 1.37. The molecular weight excluding hydrogens is 314 g/mol. The van der Waals surface area contributed by atoms with Crippen LogP contribution in [-0.2, 0) is 22.4 Å². The lowest BCUT2D eigenvalue weighted by Crippen LogP contribution is -2.30. The number of aryl methyl sites for hydroxylation is 2. The molecule has 0 radical (unpaired) electrons. The van der Waals surface area contributed by atoms with Gasteiger partial charge < -0.3 is 10.6 Å². The van der Waals surface area contributed by atoms with Crippen molar-refractivity contribution >= 4 is 23.2 Å². The highest BCUT2D eigenvalue weighted by atomic mass is 19.1. The Balaban J connectivity index is 2.18. The third kappa shape index (κ3) is 3.95. The van der Waals surface area contributed by atoms with Crippen LogP contribution in [0.3, 0.4) is 0 Å². The van der Waals surface area contributed by atoms with Crippen LogP contribution in [0.25, 0.3) is 0 Å². The second-order valence-electron chi connectivity index (χ2n) is 5.19. The quantitative estimate of drug-likeness (QED) is 0.840. The minimum atomic E-state index is -1.06. The molecule has 2 rings (SSSR count). The molecule has 126 valence electrons. The molecule has 0 atom stereocenters. The lowest BCUT2D eigenvalue weighted by Gasteiger charge is -2.14. The second kappa shape index (κ2) is 7.68. The summed E-state index contributed by atoms with van der Waals surface area (Å²) in [5, 5.41) is 4.65. The molecule has 24 heavy (non-hydrogen) atoms. The molecule has 0 spiro atoms. The number of para-hydroxylation sites is 1. The zero-order chi connectivity index (χ0) is 17.7. The molecule has 0 heterocycles. The molecule has 0 saturated heterocycles. The van der Waals surface area contributed by atoms with Crippen LogP contribution in [0, 0.1) is 11.6 Å². The number of hydrogen-bond acceptors (Lipinski definition) is 2. The Morgan fingerprint density at radius 2 is 1.50 bits per heavy atom. The highest BCUT2D eigenvalue weighted by Gasteiger charge is 2.18. The predicted molar refractivity (Wildman–Crippen MR) is 88.8 cm³/mol. The maximum absolute atomic E-state index is 13.5. The van der Waals surface area contributed by atoms with Crippen molar-refractivity contribution in [3.8, 4) is 0 Å². The first-order chi connectivity index (χ1) is 11.5. The van der Waals surface area contributed by atoms with Crippen LogP contribution in [0.15, 0.2) is 36.4 Å². The molecular formula is C18H18F2N2O2. The minimum absolute atomic E-state index is 0.380. The molecule has 0 aliphatic rings. The number of rotatable bonds is 4. The standard InChI is InChI=1S/C18H18F2N2O2/c1-3-11-6-5-7-12(4-2)16(11)22-18(24)17(23)21-15-10-13(19)8-9-14(15)20/h5-10H,3-4H2,1-2H3,(H,21,23)(H,22,24). The van der Waals surface area contributed by atoms with Crippen molar-refractivity contribution in [3.05, 3.63) is 59.2 Å². The number of anilines is 2. The first kappa shape index (κ1) is 17.6. The zero-order valence-corrected chi connectivity index (χ0v) is 13.5. The van der Waals surface area contributed by atoms with Crippen LogP contribution in [0.1, 0.15) is 25.0 Å². The molecule has 2 aromatic carbocycles. The molecule has 4 nitrogen and oxygen atoms in total. The summed E-state index contributed by atoms with van der Waals surface area (Å²) in [6.45, 7) is 3.87. The van der Waals surface area contributed by atoms with E-state index in [0.717, 1.165) is 29.3 Å². The average molecular weight is 332 g/mol. The summed E-state index contributed by atoms with van der Waals surface area (Å²) in [6, 6.07) is 8.23. The van der Waals surface area contributed by atoms with Gasteiger partial charge in [-0.05, 0) is 36.1 Å². The summed E-state index contributed by atoms with van der Waals surface area (Å²) in [7, 11) is 0. The van der Waals surface area contributed by atoms with Crippen molar-refractivity contribution in [2.45, 2.75) is 26.7 Å². The van der Waals surface area contributed by atoms with E-state index in [0.29, 0.717) is 18.5 Å². The molecule has 0 unspecified atom stereocenters. The Labute approximate surface area is 138 Å². The van der Waals surface area contributed by atoms with Gasteiger partial charge in [0.2, 0.25) is 0 Å². The van der Waals surface area contributed by atoms with Gasteiger partial charge in [0.25, 0.3) is 0 Å². The Morgan fingerprint density at radius 3 is 2.08 bits per heavy atom. The van der Waals surface area contributed by atoms with Gasteiger partial charge >= 0.3 is 11.8 Å². The second-order valence-corrected chi connectivity index (χ2v) is 5.19. The van der Waals surface area contributed by atoms with Crippen molar-refractivity contribution < 1.29 is 18.4 Å². The Bertz CT molecular complexity index is 753. The van der Waals surface area contributed by atoms with Crippen LogP contribution in [0.2, 0.25) is 0 Å². The van der Waals surface area contributed by atoms with Gasteiger partial charge in [-0.1, -0.05) is 32.0 Å². The minimum Gasteiger partial charge on any atom is -0.317 e. The third-order valence-corrected chi connectivity index (χ3v) is 3.62. The van der Waals surface area contributed by atoms with Crippen LogP contribution >= 0.6 is 0 Å². The number of hydrogen-bond donors (Lipinski definition) is 2. The predicted octanol–water partition coefficient (Wildman–Crippen LogP) is 3.67. The van der Waals surface area contributed by atoms with Crippen molar-refractivity contribution in [1.82, 2.24) is 0 Å². The molecule has 0 fully saturated rings. The van der Waals surface area contributed by atoms with E-state index in [1.807, 2.05) is 32.0 Å². The molecule has 0 aliphatic carbocycles. The number of halogens is 2. The van der Waals surface area contributed by atoms with E-state index in [9.17, 15) is 18.4 Å². The van der Waals surface area contributed by atoms with E-state index in [2.05, 4.69) is 10.6 Å². The number of nitrogens with one attached hydrogen (secondary N) is 2. The molecule has 2 N–H and O–H groups in total. The van der Waals surface area contributed by atoms with Gasteiger partial charge in [-0.2, -0.15) is 0 Å². The molecule has 6 heteroatoms. The van der Waals surface area contributed by atoms with E-state index in [1.165, 1.54) is 0 Å². The summed E-state index contributed by atoms with van der Waals surface area (Å²) in [5.74, 6) is -3.53. The van der Waals surface area contributed by atoms with Crippen LogP contribution in [0.4, 0.5) is 20.2 Å². The van der Waals surface area contributed by atoms with Gasteiger partial charge in [0.15, 0.2) is 0 Å². The Morgan fingerprint density at radius 1 is 0.917 bits per heavy atom. The fourth-order valence-electron chi connectivity index (χ4n) is 2.35. The van der Waals surface area contributed by atoms with E-state index in [1.54, 1.807) is 0 Å². The highest BCUT2D eigenvalue weighted by molar-refractivity contribution is 6.43. The van der Waals surface area contributed by atoms with Crippen LogP contribution in [-0.4, -0.2) is 11.8 Å². The van der Waals surface area contributed by atoms with E-state index >= 15 is 0 Å². The molecule has 0 saturated carbocycles. The van der Waals surface area contributed by atoms with Gasteiger partial charge in [0, 0.05) is 11.8 Å². The molecule has 0 bridgehead atoms. The lowest BCUT2D eigenvalue weighted by atomic mass is 10.0. The first-order valence-electron chi connectivity index (χ1n) is 7.64. The largest absolute Gasteiger partial charge is 0.317 e. The molecule has 0 aliphatic heterocycles. The van der Waals surface area contributed by atoms with Gasteiger partial charge in [0.05, 0.1) is 5.69 Å². The van der Waals surface area contributed by atoms with E-state index in [4.69, 9.17) is 0 Å². The number of carbonyl (C=O) groups excluding carboxylic acids is 2. The normalized spacial score (nSPS) is 10.3. The zero-order valence-electron chi connectivity index (χ0n) is 13.5. The molecule has 0 aromatic heterocycles. The van der Waals surface area contributed by atoms with E-state index in [-0.39, 0.29) is 5.69 Å². The molecule has 2 aromatic rings. The maximum atomic E-state index is 13.5. The first-order valence-corrected chi connectivity index (χ1v) is 7.64. The van der Waals surface area contributed by atoms with Gasteiger partial charge in [0.1, 0.15) is 11.6 Å². The van der Waals surface area contributed by atoms with Gasteiger partial charge in [-0.15, -0.1) is 0 Å². The van der Waals surface area contributed by atoms with Crippen LogP contribution in [0.5, 0.6) is 0 Å². The summed E-state index contributed by atoms with van der Waals surface area (Å²) < 4.78 is 26.7. The SMILES string of the molecule is CCc1cccc(CC)c1NC(=O)C(=O)Nc1cc(F)ccc1F. The maximum Gasteiger partial charge on any atom is 0.314 e.